The molecule has 0 radical (unpaired) electrons. The molecule has 34 heavy (non-hydrogen) atoms. The van der Waals surface area contributed by atoms with Crippen LogP contribution >= 0.6 is 0 Å². The fraction of sp³-hybridized carbons (Fsp3) is 0.500. The van der Waals surface area contributed by atoms with Gasteiger partial charge in [-0.05, 0) is 56.2 Å². The van der Waals surface area contributed by atoms with Crippen molar-refractivity contribution < 1.29 is 18.4 Å². The number of hydrogen-bond donors (Lipinski definition) is 3. The van der Waals surface area contributed by atoms with Crippen molar-refractivity contribution in [2.45, 2.75) is 64.3 Å². The third-order valence-corrected chi connectivity index (χ3v) is 6.11. The van der Waals surface area contributed by atoms with Gasteiger partial charge in [-0.15, -0.1) is 0 Å². The molecule has 2 amide bonds. The number of hydrogen-bond acceptors (Lipinski definition) is 6. The van der Waals surface area contributed by atoms with Gasteiger partial charge in [0.05, 0.1) is 11.1 Å². The van der Waals surface area contributed by atoms with Crippen LogP contribution in [0.15, 0.2) is 36.7 Å². The van der Waals surface area contributed by atoms with Gasteiger partial charge in [0.25, 0.3) is 5.91 Å². The smallest absolute Gasteiger partial charge is 0.317 e. The Balaban J connectivity index is 0.00000158. The first-order chi connectivity index (χ1) is 16.5. The molecule has 0 atom stereocenters. The Morgan fingerprint density at radius 3 is 2.09 bits per heavy atom. The number of alkyl halides is 2. The highest BCUT2D eigenvalue weighted by molar-refractivity contribution is 5.95. The largest absolute Gasteiger partial charge is 0.372 e. The number of nitrogens with zero attached hydrogens (tertiary/aromatic N) is 3. The quantitative estimate of drug-likeness (QED) is 0.547. The number of piperidine rings is 1. The van der Waals surface area contributed by atoms with Crippen molar-refractivity contribution >= 4 is 23.5 Å². The Bertz CT molecular complexity index is 943. The van der Waals surface area contributed by atoms with E-state index in [0.717, 1.165) is 32.4 Å². The van der Waals surface area contributed by atoms with Crippen molar-refractivity contribution in [1.82, 2.24) is 20.8 Å². The summed E-state index contributed by atoms with van der Waals surface area (Å²) < 4.78 is 24.4. The van der Waals surface area contributed by atoms with Crippen LogP contribution < -0.4 is 21.1 Å². The van der Waals surface area contributed by atoms with E-state index < -0.39 is 18.2 Å². The maximum absolute atomic E-state index is 12.2. The maximum atomic E-state index is 12.2. The van der Waals surface area contributed by atoms with Gasteiger partial charge < -0.3 is 10.2 Å². The zero-order valence-corrected chi connectivity index (χ0v) is 19.6. The average Bonchev–Trinajstić information content (AvgIpc) is 2.86. The fourth-order valence-corrected chi connectivity index (χ4v) is 4.13. The lowest BCUT2D eigenvalue weighted by atomic mass is 9.72. The summed E-state index contributed by atoms with van der Waals surface area (Å²) >= 11 is 0. The molecule has 2 aromatic rings. The number of carbonyl (C=O) groups excluding carboxylic acids is 2. The number of halogens is 2. The summed E-state index contributed by atoms with van der Waals surface area (Å²) in [6.07, 6.45) is 6.09. The van der Waals surface area contributed by atoms with Crippen LogP contribution in [0.4, 0.5) is 20.4 Å². The van der Waals surface area contributed by atoms with Crippen molar-refractivity contribution in [3.63, 3.8) is 0 Å². The second-order valence-electron chi connectivity index (χ2n) is 8.19. The molecule has 1 aromatic heterocycles. The van der Waals surface area contributed by atoms with E-state index in [2.05, 4.69) is 44.5 Å². The second-order valence-corrected chi connectivity index (χ2v) is 8.19. The number of anilines is 2. The molecule has 1 saturated heterocycles. The number of rotatable bonds is 6. The summed E-state index contributed by atoms with van der Waals surface area (Å²) in [7, 11) is 0. The van der Waals surface area contributed by atoms with E-state index in [9.17, 15) is 18.4 Å². The van der Waals surface area contributed by atoms with Gasteiger partial charge >= 0.3 is 12.3 Å². The zero-order chi connectivity index (χ0) is 24.6. The first-order valence-corrected chi connectivity index (χ1v) is 11.8. The molecule has 0 bridgehead atoms. The standard InChI is InChI=1S/C22H26F2N6O2.C2H6/c23-18(24)20(32)29-28-19(31)15-13-25-21(26-14-15)27-22(9-4-10-22)16-5-7-17(8-6-16)30-11-2-1-3-12-30;1-2/h5-8,13-14,18H,1-4,9-12H2,(H,28,31)(H,29,32)(H,25,26,27);1-2H3. The van der Waals surface area contributed by atoms with Gasteiger partial charge in [-0.1, -0.05) is 26.0 Å². The molecular formula is C24H32F2N6O2. The highest BCUT2D eigenvalue weighted by Gasteiger charge is 2.39. The van der Waals surface area contributed by atoms with E-state index in [-0.39, 0.29) is 11.1 Å². The van der Waals surface area contributed by atoms with E-state index in [1.165, 1.54) is 42.9 Å². The van der Waals surface area contributed by atoms with Gasteiger partial charge in [-0.2, -0.15) is 8.78 Å². The Morgan fingerprint density at radius 2 is 1.56 bits per heavy atom. The van der Waals surface area contributed by atoms with Crippen LogP contribution in [0.1, 0.15) is 68.3 Å². The maximum Gasteiger partial charge on any atom is 0.317 e. The fourth-order valence-electron chi connectivity index (χ4n) is 4.13. The lowest BCUT2D eigenvalue weighted by Gasteiger charge is -2.43. The predicted octanol–water partition coefficient (Wildman–Crippen LogP) is 4.01. The minimum absolute atomic E-state index is 0.0404. The van der Waals surface area contributed by atoms with Crippen LogP contribution in [0.25, 0.3) is 0 Å². The van der Waals surface area contributed by atoms with Gasteiger partial charge in [0.1, 0.15) is 0 Å². The zero-order valence-electron chi connectivity index (χ0n) is 19.6. The van der Waals surface area contributed by atoms with Crippen LogP contribution in [-0.2, 0) is 10.3 Å². The topological polar surface area (TPSA) is 99.2 Å². The Labute approximate surface area is 198 Å². The van der Waals surface area contributed by atoms with Gasteiger partial charge in [-0.3, -0.25) is 20.4 Å². The Kier molecular flexibility index (Phi) is 8.72. The van der Waals surface area contributed by atoms with E-state index in [4.69, 9.17) is 0 Å². The van der Waals surface area contributed by atoms with Crippen molar-refractivity contribution in [2.24, 2.45) is 0 Å². The molecule has 3 N–H and O–H groups in total. The molecule has 4 rings (SSSR count). The van der Waals surface area contributed by atoms with Gasteiger partial charge in [0, 0.05) is 31.2 Å². The highest BCUT2D eigenvalue weighted by Crippen LogP contribution is 2.44. The van der Waals surface area contributed by atoms with Gasteiger partial charge in [0.15, 0.2) is 0 Å². The van der Waals surface area contributed by atoms with E-state index >= 15 is 0 Å². The summed E-state index contributed by atoms with van der Waals surface area (Å²) in [6, 6.07) is 8.65. The molecule has 1 saturated carbocycles. The molecule has 0 spiro atoms. The summed E-state index contributed by atoms with van der Waals surface area (Å²) in [5.74, 6) is -1.99. The summed E-state index contributed by atoms with van der Waals surface area (Å²) in [5, 5.41) is 3.40. The number of aromatic nitrogens is 2. The minimum atomic E-state index is -3.22. The van der Waals surface area contributed by atoms with E-state index in [1.54, 1.807) is 5.43 Å². The number of amides is 2. The first-order valence-electron chi connectivity index (χ1n) is 11.8. The molecule has 8 nitrogen and oxygen atoms in total. The van der Waals surface area contributed by atoms with Crippen LogP contribution in [-0.4, -0.2) is 41.3 Å². The predicted molar refractivity (Wildman–Crippen MR) is 127 cm³/mol. The second kappa shape index (κ2) is 11.7. The molecule has 1 aliphatic carbocycles. The summed E-state index contributed by atoms with van der Waals surface area (Å²) in [4.78, 5) is 33.6. The number of hydrazine groups is 1. The van der Waals surface area contributed by atoms with Crippen LogP contribution in [0.5, 0.6) is 0 Å². The molecule has 2 fully saturated rings. The first kappa shape index (κ1) is 25.3. The molecule has 184 valence electrons. The third kappa shape index (κ3) is 5.98. The molecule has 10 heteroatoms. The molecular weight excluding hydrogens is 442 g/mol. The Hall–Kier alpha value is -3.30. The van der Waals surface area contributed by atoms with Crippen LogP contribution in [0.2, 0.25) is 0 Å². The molecule has 1 aromatic carbocycles. The van der Waals surface area contributed by atoms with Crippen molar-refractivity contribution in [3.8, 4) is 0 Å². The normalized spacial score (nSPS) is 16.6. The third-order valence-electron chi connectivity index (χ3n) is 6.11. The molecule has 0 unspecified atom stereocenters. The van der Waals surface area contributed by atoms with Crippen molar-refractivity contribution in [3.05, 3.63) is 47.8 Å². The van der Waals surface area contributed by atoms with Gasteiger partial charge in [-0.25, -0.2) is 9.97 Å². The summed E-state index contributed by atoms with van der Waals surface area (Å²) in [6.45, 7) is 6.20. The summed E-state index contributed by atoms with van der Waals surface area (Å²) in [5.41, 5.74) is 5.74. The van der Waals surface area contributed by atoms with Crippen LogP contribution in [0.3, 0.4) is 0 Å². The average molecular weight is 475 g/mol. The number of carbonyl (C=O) groups is 2. The number of nitrogens with one attached hydrogen (secondary N) is 3. The van der Waals surface area contributed by atoms with Crippen molar-refractivity contribution in [2.75, 3.05) is 23.3 Å². The highest BCUT2D eigenvalue weighted by atomic mass is 19.3. The number of benzene rings is 1. The Morgan fingerprint density at radius 1 is 0.941 bits per heavy atom. The minimum Gasteiger partial charge on any atom is -0.372 e. The lowest BCUT2D eigenvalue weighted by Crippen LogP contribution is -2.44. The van der Waals surface area contributed by atoms with E-state index in [0.29, 0.717) is 5.95 Å². The molecule has 2 heterocycles. The van der Waals surface area contributed by atoms with Gasteiger partial charge in [0.2, 0.25) is 5.95 Å². The van der Waals surface area contributed by atoms with Crippen LogP contribution in [0, 0.1) is 0 Å². The SMILES string of the molecule is CC.O=C(NNC(=O)C(F)F)c1cnc(NC2(c3ccc(N4CCCCC4)cc3)CCC2)nc1. The molecule has 1 aliphatic heterocycles. The lowest BCUT2D eigenvalue weighted by molar-refractivity contribution is -0.132. The van der Waals surface area contributed by atoms with E-state index in [1.807, 2.05) is 19.3 Å². The molecule has 2 aliphatic rings. The monoisotopic (exact) mass is 474 g/mol. The van der Waals surface area contributed by atoms with Crippen molar-refractivity contribution in [1.29, 1.82) is 0 Å².